The molecule has 2 amide bonds. The van der Waals surface area contributed by atoms with Crippen molar-refractivity contribution < 1.29 is 23.5 Å². The zero-order valence-electron chi connectivity index (χ0n) is 25.3. The van der Waals surface area contributed by atoms with Gasteiger partial charge in [-0.1, -0.05) is 18.2 Å². The van der Waals surface area contributed by atoms with Crippen molar-refractivity contribution in [1.82, 2.24) is 19.7 Å². The largest absolute Gasteiger partial charge is 0.391 e. The number of aromatic nitrogens is 3. The minimum Gasteiger partial charge on any atom is -0.391 e. The number of benzene rings is 3. The Morgan fingerprint density at radius 1 is 0.938 bits per heavy atom. The Hall–Kier alpha value is -5.59. The normalized spacial score (nSPS) is 14.4. The summed E-state index contributed by atoms with van der Waals surface area (Å²) in [5.41, 5.74) is 3.09. The Kier molecular flexibility index (Phi) is 8.34. The van der Waals surface area contributed by atoms with E-state index in [-0.39, 0.29) is 23.6 Å². The highest BCUT2D eigenvalue weighted by Crippen LogP contribution is 2.36. The summed E-state index contributed by atoms with van der Waals surface area (Å²) >= 11 is 1.53. The molecule has 1 aliphatic heterocycles. The Labute approximate surface area is 276 Å². The molecule has 7 rings (SSSR count). The maximum atomic E-state index is 15.4. The van der Waals surface area contributed by atoms with Gasteiger partial charge in [0.25, 0.3) is 17.4 Å². The first-order valence-electron chi connectivity index (χ1n) is 15.1. The average molecular weight is 664 g/mol. The van der Waals surface area contributed by atoms with E-state index in [4.69, 9.17) is 0 Å². The number of halogens is 2. The minimum atomic E-state index is -0.736. The number of carbonyl (C=O) groups excluding carboxylic acids is 2. The monoisotopic (exact) mass is 663 g/mol. The fraction of sp³-hybridized carbons (Fsp3) is 0.139. The van der Waals surface area contributed by atoms with Crippen molar-refractivity contribution in [1.29, 1.82) is 0 Å². The quantitative estimate of drug-likeness (QED) is 0.222. The summed E-state index contributed by atoms with van der Waals surface area (Å²) in [6.07, 6.45) is 3.35. The SMILES string of the molecule is O=C(Nc1ccc(Cc2ccnc3cc(-c4ccc(C(=O)N5CC[C@@H](O)C5)cc4)sc23)c(F)c1)c1ccnn(-c2ccc(F)cc2)c1=O. The standard InChI is InChI=1S/C36H27F2N5O4S/c37-25-6-9-27(10-7-25)43-36(47)29(12-15-40-43)34(45)41-26-8-5-23(30(38)18-26)17-24-11-14-39-31-19-32(48-33(24)31)21-1-3-22(4-2-21)35(46)42-16-13-28(44)20-42/h1-12,14-15,18-19,28,44H,13,16-17,20H2,(H,41,45)/t28-/m1/s1. The highest BCUT2D eigenvalue weighted by Gasteiger charge is 2.25. The number of amides is 2. The third-order valence-corrected chi connectivity index (χ3v) is 9.46. The van der Waals surface area contributed by atoms with Crippen LogP contribution in [0.5, 0.6) is 0 Å². The molecule has 9 nitrogen and oxygen atoms in total. The molecule has 2 N–H and O–H groups in total. The summed E-state index contributed by atoms with van der Waals surface area (Å²) in [5.74, 6) is -1.84. The van der Waals surface area contributed by atoms with Crippen LogP contribution in [0.15, 0.2) is 102 Å². The number of thiophene rings is 1. The average Bonchev–Trinajstić information content (AvgIpc) is 3.73. The predicted octanol–water partition coefficient (Wildman–Crippen LogP) is 5.84. The fourth-order valence-electron chi connectivity index (χ4n) is 5.68. The van der Waals surface area contributed by atoms with Gasteiger partial charge in [0.1, 0.15) is 17.2 Å². The third kappa shape index (κ3) is 6.23. The first kappa shape index (κ1) is 31.0. The molecule has 0 spiro atoms. The molecule has 0 bridgehead atoms. The van der Waals surface area contributed by atoms with Crippen molar-refractivity contribution >= 4 is 39.1 Å². The lowest BCUT2D eigenvalue weighted by molar-refractivity contribution is 0.0765. The topological polar surface area (TPSA) is 117 Å². The van der Waals surface area contributed by atoms with Crippen LogP contribution in [-0.4, -0.2) is 55.8 Å². The number of nitrogens with one attached hydrogen (secondary N) is 1. The molecule has 3 aromatic heterocycles. The lowest BCUT2D eigenvalue weighted by Crippen LogP contribution is -2.29. The van der Waals surface area contributed by atoms with Gasteiger partial charge in [-0.3, -0.25) is 19.4 Å². The number of likely N-dealkylation sites (tertiary alicyclic amines) is 1. The van der Waals surface area contributed by atoms with Crippen LogP contribution in [0.1, 0.15) is 38.3 Å². The Morgan fingerprint density at radius 2 is 1.73 bits per heavy atom. The number of aliphatic hydroxyl groups is 1. The molecule has 3 aromatic carbocycles. The molecule has 0 saturated carbocycles. The van der Waals surface area contributed by atoms with E-state index < -0.39 is 29.2 Å². The van der Waals surface area contributed by atoms with Crippen molar-refractivity contribution in [3.8, 4) is 16.1 Å². The summed E-state index contributed by atoms with van der Waals surface area (Å²) in [5, 5.41) is 16.3. The third-order valence-electron chi connectivity index (χ3n) is 8.21. The maximum absolute atomic E-state index is 15.4. The maximum Gasteiger partial charge on any atom is 0.284 e. The van der Waals surface area contributed by atoms with Crippen LogP contribution in [0.4, 0.5) is 14.5 Å². The predicted molar refractivity (Wildman–Crippen MR) is 179 cm³/mol. The van der Waals surface area contributed by atoms with E-state index in [1.165, 1.54) is 53.9 Å². The van der Waals surface area contributed by atoms with Crippen LogP contribution in [-0.2, 0) is 6.42 Å². The van der Waals surface area contributed by atoms with E-state index >= 15 is 4.39 Å². The number of rotatable bonds is 7. The van der Waals surface area contributed by atoms with Crippen molar-refractivity contribution in [3.05, 3.63) is 142 Å². The number of fused-ring (bicyclic) bond motifs is 1. The number of pyridine rings is 1. The molecular formula is C36H27F2N5O4S. The van der Waals surface area contributed by atoms with E-state index in [1.54, 1.807) is 35.4 Å². The molecule has 0 unspecified atom stereocenters. The van der Waals surface area contributed by atoms with Gasteiger partial charge in [-0.15, -0.1) is 11.3 Å². The summed E-state index contributed by atoms with van der Waals surface area (Å²) < 4.78 is 30.6. The minimum absolute atomic E-state index is 0.103. The van der Waals surface area contributed by atoms with Gasteiger partial charge in [-0.25, -0.2) is 8.78 Å². The zero-order chi connectivity index (χ0) is 33.4. The molecule has 6 aromatic rings. The molecule has 48 heavy (non-hydrogen) atoms. The summed E-state index contributed by atoms with van der Waals surface area (Å²) in [6.45, 7) is 0.885. The smallest absolute Gasteiger partial charge is 0.284 e. The molecule has 1 atom stereocenters. The Balaban J connectivity index is 1.07. The second-order valence-electron chi connectivity index (χ2n) is 11.4. The number of nitrogens with zero attached hydrogens (tertiary/aromatic N) is 4. The van der Waals surface area contributed by atoms with Gasteiger partial charge in [0.2, 0.25) is 0 Å². The number of aliphatic hydroxyl groups excluding tert-OH is 1. The van der Waals surface area contributed by atoms with E-state index in [1.807, 2.05) is 24.3 Å². The first-order chi connectivity index (χ1) is 23.2. The summed E-state index contributed by atoms with van der Waals surface area (Å²) in [7, 11) is 0. The Bertz CT molecular complexity index is 2240. The second-order valence-corrected chi connectivity index (χ2v) is 12.5. The lowest BCUT2D eigenvalue weighted by atomic mass is 10.0. The van der Waals surface area contributed by atoms with Crippen LogP contribution in [0, 0.1) is 11.6 Å². The zero-order valence-corrected chi connectivity index (χ0v) is 26.1. The molecular weight excluding hydrogens is 636 g/mol. The van der Waals surface area contributed by atoms with E-state index in [0.717, 1.165) is 30.9 Å². The highest BCUT2D eigenvalue weighted by atomic mass is 32.1. The fourth-order valence-corrected chi connectivity index (χ4v) is 6.81. The molecule has 1 saturated heterocycles. The van der Waals surface area contributed by atoms with Crippen LogP contribution < -0.4 is 10.9 Å². The molecule has 1 fully saturated rings. The number of β-amino-alcohol motifs (C(OH)–C–C–N with tert-alkyl or cyclic N) is 1. The van der Waals surface area contributed by atoms with Gasteiger partial charge >= 0.3 is 0 Å². The lowest BCUT2D eigenvalue weighted by Gasteiger charge is -2.15. The van der Waals surface area contributed by atoms with Crippen molar-refractivity contribution in [2.24, 2.45) is 0 Å². The number of hydrogen-bond donors (Lipinski definition) is 2. The summed E-state index contributed by atoms with van der Waals surface area (Å²) in [6, 6.07) is 21.9. The van der Waals surface area contributed by atoms with Crippen molar-refractivity contribution in [3.63, 3.8) is 0 Å². The molecule has 4 heterocycles. The van der Waals surface area contributed by atoms with Gasteiger partial charge in [0.05, 0.1) is 22.0 Å². The van der Waals surface area contributed by atoms with Gasteiger partial charge in [-0.2, -0.15) is 9.78 Å². The Morgan fingerprint density at radius 3 is 2.46 bits per heavy atom. The molecule has 0 aliphatic carbocycles. The number of anilines is 1. The molecule has 1 aliphatic rings. The van der Waals surface area contributed by atoms with Crippen LogP contribution >= 0.6 is 11.3 Å². The van der Waals surface area contributed by atoms with E-state index in [9.17, 15) is 23.9 Å². The van der Waals surface area contributed by atoms with Gasteiger partial charge in [0, 0.05) is 48.0 Å². The first-order valence-corrected chi connectivity index (χ1v) is 15.9. The van der Waals surface area contributed by atoms with E-state index in [0.29, 0.717) is 36.3 Å². The number of hydrogen-bond acceptors (Lipinski definition) is 7. The van der Waals surface area contributed by atoms with Crippen LogP contribution in [0.2, 0.25) is 0 Å². The van der Waals surface area contributed by atoms with Gasteiger partial charge < -0.3 is 15.3 Å². The van der Waals surface area contributed by atoms with Gasteiger partial charge in [-0.05, 0) is 89.8 Å². The number of carbonyl (C=O) groups is 2. The van der Waals surface area contributed by atoms with E-state index in [2.05, 4.69) is 15.4 Å². The molecule has 12 heteroatoms. The second kappa shape index (κ2) is 12.9. The molecule has 0 radical (unpaired) electrons. The summed E-state index contributed by atoms with van der Waals surface area (Å²) in [4.78, 5) is 45.8. The van der Waals surface area contributed by atoms with Crippen LogP contribution in [0.25, 0.3) is 26.3 Å². The van der Waals surface area contributed by atoms with Gasteiger partial charge in [0.15, 0.2) is 0 Å². The van der Waals surface area contributed by atoms with Crippen molar-refractivity contribution in [2.75, 3.05) is 18.4 Å². The van der Waals surface area contributed by atoms with Crippen LogP contribution in [0.3, 0.4) is 0 Å². The van der Waals surface area contributed by atoms with Crippen molar-refractivity contribution in [2.45, 2.75) is 18.9 Å². The molecule has 240 valence electrons. The highest BCUT2D eigenvalue weighted by molar-refractivity contribution is 7.22.